The van der Waals surface area contributed by atoms with Crippen molar-refractivity contribution in [3.05, 3.63) is 65.0 Å². The highest BCUT2D eigenvalue weighted by atomic mass is 32.2. The van der Waals surface area contributed by atoms with Gasteiger partial charge in [-0.1, -0.05) is 6.07 Å². The van der Waals surface area contributed by atoms with Crippen LogP contribution in [0.5, 0.6) is 0 Å². The summed E-state index contributed by atoms with van der Waals surface area (Å²) in [6, 6.07) is 10.7. The van der Waals surface area contributed by atoms with Gasteiger partial charge in [-0.2, -0.15) is 0 Å². The molecule has 0 unspecified atom stereocenters. The number of sulfonamides is 1. The van der Waals surface area contributed by atoms with Crippen molar-refractivity contribution in [2.75, 3.05) is 10.5 Å². The molecular weight excluding hydrogens is 294 g/mol. The molecule has 0 fully saturated rings. The van der Waals surface area contributed by atoms with Gasteiger partial charge in [-0.15, -0.1) is 0 Å². The lowest BCUT2D eigenvalue weighted by Gasteiger charge is -2.06. The molecule has 0 aliphatic carbocycles. The summed E-state index contributed by atoms with van der Waals surface area (Å²) in [5.41, 5.74) is 0.219. The van der Waals surface area contributed by atoms with E-state index in [0.29, 0.717) is 12.2 Å². The molecule has 0 aliphatic rings. The summed E-state index contributed by atoms with van der Waals surface area (Å²) >= 11 is 0. The number of nitro groups is 1. The van der Waals surface area contributed by atoms with Crippen molar-refractivity contribution in [2.45, 2.75) is 6.54 Å². The Morgan fingerprint density at radius 2 is 1.71 bits per heavy atom. The molecular formula is C13H14N3O4S+. The number of nitrogens with zero attached hydrogens (tertiary/aromatic N) is 2. The van der Waals surface area contributed by atoms with E-state index >= 15 is 0 Å². The van der Waals surface area contributed by atoms with Gasteiger partial charge in [-0.25, -0.2) is 13.0 Å². The van der Waals surface area contributed by atoms with Crippen molar-refractivity contribution in [3.63, 3.8) is 0 Å². The molecule has 0 radical (unpaired) electrons. The number of hydrogen-bond acceptors (Lipinski definition) is 4. The number of pyridine rings is 1. The summed E-state index contributed by atoms with van der Waals surface area (Å²) < 4.78 is 28.0. The van der Waals surface area contributed by atoms with E-state index in [1.165, 1.54) is 24.3 Å². The molecule has 1 heterocycles. The van der Waals surface area contributed by atoms with Crippen LogP contribution in [0.4, 0.5) is 11.4 Å². The standard InChI is InChI=1S/C13H14N3O4S/c17-16(18)13-6-4-12(5-7-13)14-21(19,20)11-10-15-8-2-1-3-9-15/h1-9,14H,10-11H2/q+1. The van der Waals surface area contributed by atoms with E-state index < -0.39 is 14.9 Å². The van der Waals surface area contributed by atoms with Crippen LogP contribution in [0.3, 0.4) is 0 Å². The number of anilines is 1. The smallest absolute Gasteiger partial charge is 0.269 e. The molecule has 0 saturated heterocycles. The Bertz CT molecular complexity index is 715. The van der Waals surface area contributed by atoms with E-state index in [4.69, 9.17) is 0 Å². The Morgan fingerprint density at radius 3 is 2.29 bits per heavy atom. The minimum absolute atomic E-state index is 0.0847. The average Bonchev–Trinajstić information content (AvgIpc) is 2.46. The molecule has 1 aromatic carbocycles. The summed E-state index contributed by atoms with van der Waals surface area (Å²) in [5, 5.41) is 10.5. The predicted molar refractivity (Wildman–Crippen MR) is 77.1 cm³/mol. The average molecular weight is 308 g/mol. The maximum atomic E-state index is 11.9. The lowest BCUT2D eigenvalue weighted by atomic mass is 10.3. The number of aromatic nitrogens is 1. The van der Waals surface area contributed by atoms with Gasteiger partial charge in [0, 0.05) is 30.0 Å². The maximum Gasteiger partial charge on any atom is 0.269 e. The number of benzene rings is 1. The van der Waals surface area contributed by atoms with Crippen molar-refractivity contribution >= 4 is 21.4 Å². The van der Waals surface area contributed by atoms with Crippen molar-refractivity contribution in [2.24, 2.45) is 0 Å². The van der Waals surface area contributed by atoms with E-state index in [2.05, 4.69) is 4.72 Å². The summed E-state index contributed by atoms with van der Waals surface area (Å²) in [6.07, 6.45) is 3.56. The van der Waals surface area contributed by atoms with Crippen LogP contribution in [0.15, 0.2) is 54.9 Å². The number of nitrogens with one attached hydrogen (secondary N) is 1. The normalized spacial score (nSPS) is 11.0. The Morgan fingerprint density at radius 1 is 1.10 bits per heavy atom. The number of non-ortho nitro benzene ring substituents is 1. The SMILES string of the molecule is O=[N+]([O-])c1ccc(NS(=O)(=O)CC[n+]2ccccc2)cc1. The third-order valence-corrected chi connectivity index (χ3v) is 4.01. The molecule has 21 heavy (non-hydrogen) atoms. The van der Waals surface area contributed by atoms with Gasteiger partial charge in [0.15, 0.2) is 18.9 Å². The van der Waals surface area contributed by atoms with Crippen LogP contribution in [0.2, 0.25) is 0 Å². The van der Waals surface area contributed by atoms with E-state index in [1.54, 1.807) is 17.0 Å². The van der Waals surface area contributed by atoms with Crippen LogP contribution in [0.25, 0.3) is 0 Å². The summed E-state index contributed by atoms with van der Waals surface area (Å²) in [5.74, 6) is -0.0847. The first-order valence-electron chi connectivity index (χ1n) is 6.15. The fourth-order valence-corrected chi connectivity index (χ4v) is 2.74. The summed E-state index contributed by atoms with van der Waals surface area (Å²) in [7, 11) is -3.51. The molecule has 0 atom stereocenters. The Hall–Kier alpha value is -2.48. The van der Waals surface area contributed by atoms with Crippen molar-refractivity contribution < 1.29 is 17.9 Å². The highest BCUT2D eigenvalue weighted by molar-refractivity contribution is 7.92. The molecule has 2 rings (SSSR count). The number of nitro benzene ring substituents is 1. The fourth-order valence-electron chi connectivity index (χ4n) is 1.69. The van der Waals surface area contributed by atoms with Gasteiger partial charge in [-0.05, 0) is 12.1 Å². The minimum Gasteiger partial charge on any atom is -0.283 e. The van der Waals surface area contributed by atoms with Crippen LogP contribution >= 0.6 is 0 Å². The van der Waals surface area contributed by atoms with Crippen molar-refractivity contribution in [1.82, 2.24) is 0 Å². The first-order chi connectivity index (χ1) is 9.96. The number of rotatable bonds is 6. The van der Waals surface area contributed by atoms with Gasteiger partial charge in [0.2, 0.25) is 10.0 Å². The van der Waals surface area contributed by atoms with Gasteiger partial charge in [0.1, 0.15) is 5.75 Å². The van der Waals surface area contributed by atoms with Crippen LogP contribution in [-0.2, 0) is 16.6 Å². The quantitative estimate of drug-likeness (QED) is 0.495. The topological polar surface area (TPSA) is 93.2 Å². The minimum atomic E-state index is -3.51. The van der Waals surface area contributed by atoms with Crippen LogP contribution in [0.1, 0.15) is 0 Å². The zero-order valence-corrected chi connectivity index (χ0v) is 11.9. The van der Waals surface area contributed by atoms with Crippen LogP contribution in [0, 0.1) is 10.1 Å². The monoisotopic (exact) mass is 308 g/mol. The maximum absolute atomic E-state index is 11.9. The highest BCUT2D eigenvalue weighted by Crippen LogP contribution is 2.16. The lowest BCUT2D eigenvalue weighted by molar-refractivity contribution is -0.692. The van der Waals surface area contributed by atoms with Gasteiger partial charge in [-0.3, -0.25) is 14.8 Å². The molecule has 8 heteroatoms. The Labute approximate surface area is 122 Å². The highest BCUT2D eigenvalue weighted by Gasteiger charge is 2.14. The zero-order valence-electron chi connectivity index (χ0n) is 11.0. The van der Waals surface area contributed by atoms with Gasteiger partial charge < -0.3 is 0 Å². The van der Waals surface area contributed by atoms with E-state index in [-0.39, 0.29) is 11.4 Å². The third-order valence-electron chi connectivity index (χ3n) is 2.75. The van der Waals surface area contributed by atoms with E-state index in [0.717, 1.165) is 0 Å². The molecule has 7 nitrogen and oxygen atoms in total. The molecule has 110 valence electrons. The van der Waals surface area contributed by atoms with E-state index in [1.807, 2.05) is 18.2 Å². The van der Waals surface area contributed by atoms with E-state index in [9.17, 15) is 18.5 Å². The second-order valence-corrected chi connectivity index (χ2v) is 6.18. The first-order valence-corrected chi connectivity index (χ1v) is 7.80. The second kappa shape index (κ2) is 6.31. The molecule has 0 spiro atoms. The third kappa shape index (κ3) is 4.53. The van der Waals surface area contributed by atoms with Crippen molar-refractivity contribution in [3.8, 4) is 0 Å². The fraction of sp³-hybridized carbons (Fsp3) is 0.154. The van der Waals surface area contributed by atoms with Gasteiger partial charge >= 0.3 is 0 Å². The summed E-state index contributed by atoms with van der Waals surface area (Å²) in [4.78, 5) is 9.98. The molecule has 0 bridgehead atoms. The Balaban J connectivity index is 1.99. The molecule has 0 aliphatic heterocycles. The van der Waals surface area contributed by atoms with Gasteiger partial charge in [0.25, 0.3) is 5.69 Å². The first kappa shape index (κ1) is 14.9. The van der Waals surface area contributed by atoms with Gasteiger partial charge in [0.05, 0.1) is 4.92 Å². The molecule has 1 aromatic heterocycles. The molecule has 0 saturated carbocycles. The van der Waals surface area contributed by atoms with Crippen LogP contribution < -0.4 is 9.29 Å². The lowest BCUT2D eigenvalue weighted by Crippen LogP contribution is -2.37. The predicted octanol–water partition coefficient (Wildman–Crippen LogP) is 1.32. The molecule has 1 N–H and O–H groups in total. The number of hydrogen-bond donors (Lipinski definition) is 1. The number of aryl methyl sites for hydroxylation is 1. The molecule has 0 amide bonds. The molecule has 2 aromatic rings. The Kier molecular flexibility index (Phi) is 4.49. The van der Waals surface area contributed by atoms with Crippen LogP contribution in [-0.4, -0.2) is 19.1 Å². The van der Waals surface area contributed by atoms with Crippen molar-refractivity contribution in [1.29, 1.82) is 0 Å². The largest absolute Gasteiger partial charge is 0.283 e. The summed E-state index contributed by atoms with van der Waals surface area (Å²) in [6.45, 7) is 0.323. The second-order valence-electron chi connectivity index (χ2n) is 4.34. The zero-order chi connectivity index (χ0) is 15.3.